The van der Waals surface area contributed by atoms with Gasteiger partial charge >= 0.3 is 0 Å². The zero-order valence-corrected chi connectivity index (χ0v) is 12.2. The molecule has 2 rings (SSSR count). The molecular weight excluding hydrogens is 254 g/mol. The molecule has 0 spiro atoms. The fourth-order valence-corrected chi connectivity index (χ4v) is 1.92. The van der Waals surface area contributed by atoms with Crippen molar-refractivity contribution < 1.29 is 9.47 Å². The summed E-state index contributed by atoms with van der Waals surface area (Å²) >= 11 is 0. The van der Waals surface area contributed by atoms with Crippen molar-refractivity contribution >= 4 is 0 Å². The molecule has 0 fully saturated rings. The first kappa shape index (κ1) is 14.4. The topological polar surface area (TPSA) is 48.3 Å². The number of hydrogen-bond donors (Lipinski definition) is 1. The molecule has 1 N–H and O–H groups in total. The number of benzene rings is 1. The SMILES string of the molecule is CNC(C)c1ccc(OCCn2ccnc2)c(OC)c1. The Bertz CT molecular complexity index is 526. The highest BCUT2D eigenvalue weighted by Crippen LogP contribution is 2.30. The molecule has 1 aromatic carbocycles. The van der Waals surface area contributed by atoms with Gasteiger partial charge in [0.15, 0.2) is 11.5 Å². The van der Waals surface area contributed by atoms with Gasteiger partial charge < -0.3 is 19.4 Å². The minimum atomic E-state index is 0.281. The zero-order chi connectivity index (χ0) is 14.4. The minimum Gasteiger partial charge on any atom is -0.493 e. The number of aromatic nitrogens is 2. The molecule has 1 aromatic heterocycles. The number of nitrogens with one attached hydrogen (secondary N) is 1. The molecule has 1 heterocycles. The molecule has 1 unspecified atom stereocenters. The van der Waals surface area contributed by atoms with Gasteiger partial charge in [-0.1, -0.05) is 6.07 Å². The van der Waals surface area contributed by atoms with E-state index < -0.39 is 0 Å². The first-order valence-electron chi connectivity index (χ1n) is 6.68. The quantitative estimate of drug-likeness (QED) is 0.842. The highest BCUT2D eigenvalue weighted by atomic mass is 16.5. The van der Waals surface area contributed by atoms with Crippen LogP contribution < -0.4 is 14.8 Å². The third-order valence-electron chi connectivity index (χ3n) is 3.29. The van der Waals surface area contributed by atoms with Gasteiger partial charge in [0.1, 0.15) is 6.61 Å². The van der Waals surface area contributed by atoms with Crippen LogP contribution in [0.25, 0.3) is 0 Å². The molecular formula is C15H21N3O2. The van der Waals surface area contributed by atoms with Gasteiger partial charge in [-0.05, 0) is 31.7 Å². The summed E-state index contributed by atoms with van der Waals surface area (Å²) in [5.74, 6) is 1.52. The normalized spacial score (nSPS) is 12.2. The molecule has 108 valence electrons. The van der Waals surface area contributed by atoms with Crippen LogP contribution in [-0.2, 0) is 6.54 Å². The lowest BCUT2D eigenvalue weighted by atomic mass is 10.1. The first-order chi connectivity index (χ1) is 9.74. The van der Waals surface area contributed by atoms with E-state index in [1.807, 2.05) is 29.9 Å². The van der Waals surface area contributed by atoms with Crippen molar-refractivity contribution in [2.45, 2.75) is 19.5 Å². The van der Waals surface area contributed by atoms with Crippen LogP contribution in [-0.4, -0.2) is 30.3 Å². The maximum atomic E-state index is 5.78. The van der Waals surface area contributed by atoms with Crippen LogP contribution in [0.3, 0.4) is 0 Å². The average molecular weight is 275 g/mol. The predicted molar refractivity (Wildman–Crippen MR) is 78.2 cm³/mol. The van der Waals surface area contributed by atoms with Crippen molar-refractivity contribution in [2.24, 2.45) is 0 Å². The number of methoxy groups -OCH3 is 1. The Morgan fingerprint density at radius 3 is 2.85 bits per heavy atom. The first-order valence-corrected chi connectivity index (χ1v) is 6.68. The molecule has 0 aliphatic rings. The summed E-state index contributed by atoms with van der Waals surface area (Å²) in [5.41, 5.74) is 1.17. The van der Waals surface area contributed by atoms with Crippen LogP contribution in [0.4, 0.5) is 0 Å². The molecule has 5 heteroatoms. The van der Waals surface area contributed by atoms with Gasteiger partial charge in [-0.3, -0.25) is 0 Å². The molecule has 0 aliphatic carbocycles. The fourth-order valence-electron chi connectivity index (χ4n) is 1.92. The number of hydrogen-bond acceptors (Lipinski definition) is 4. The molecule has 0 saturated heterocycles. The lowest BCUT2D eigenvalue weighted by molar-refractivity contribution is 0.279. The molecule has 1 atom stereocenters. The highest BCUT2D eigenvalue weighted by molar-refractivity contribution is 5.43. The maximum absolute atomic E-state index is 5.78. The van der Waals surface area contributed by atoms with E-state index in [4.69, 9.17) is 9.47 Å². The summed E-state index contributed by atoms with van der Waals surface area (Å²) < 4.78 is 13.1. The van der Waals surface area contributed by atoms with Gasteiger partial charge in [-0.2, -0.15) is 0 Å². The maximum Gasteiger partial charge on any atom is 0.161 e. The van der Waals surface area contributed by atoms with E-state index in [-0.39, 0.29) is 6.04 Å². The van der Waals surface area contributed by atoms with Crippen molar-refractivity contribution in [3.8, 4) is 11.5 Å². The summed E-state index contributed by atoms with van der Waals surface area (Å²) in [6.45, 7) is 3.44. The van der Waals surface area contributed by atoms with Crippen molar-refractivity contribution in [1.82, 2.24) is 14.9 Å². The lowest BCUT2D eigenvalue weighted by Gasteiger charge is -2.15. The zero-order valence-electron chi connectivity index (χ0n) is 12.2. The molecule has 0 saturated carbocycles. The van der Waals surface area contributed by atoms with Gasteiger partial charge in [0.25, 0.3) is 0 Å². The Balaban J connectivity index is 2.00. The van der Waals surface area contributed by atoms with Crippen LogP contribution in [0.15, 0.2) is 36.9 Å². The van der Waals surface area contributed by atoms with Crippen LogP contribution in [0.2, 0.25) is 0 Å². The summed E-state index contributed by atoms with van der Waals surface area (Å²) in [6, 6.07) is 6.30. The molecule has 5 nitrogen and oxygen atoms in total. The lowest BCUT2D eigenvalue weighted by Crippen LogP contribution is -2.12. The molecule has 0 amide bonds. The Morgan fingerprint density at radius 2 is 2.20 bits per heavy atom. The fraction of sp³-hybridized carbons (Fsp3) is 0.400. The van der Waals surface area contributed by atoms with E-state index in [2.05, 4.69) is 23.3 Å². The smallest absolute Gasteiger partial charge is 0.161 e. The van der Waals surface area contributed by atoms with Crippen molar-refractivity contribution in [2.75, 3.05) is 20.8 Å². The summed E-state index contributed by atoms with van der Waals surface area (Å²) in [5, 5.41) is 3.21. The van der Waals surface area contributed by atoms with Gasteiger partial charge in [0.05, 0.1) is 20.0 Å². The van der Waals surface area contributed by atoms with E-state index in [9.17, 15) is 0 Å². The van der Waals surface area contributed by atoms with Crippen LogP contribution in [0, 0.1) is 0 Å². The van der Waals surface area contributed by atoms with E-state index in [0.717, 1.165) is 18.0 Å². The molecule has 0 radical (unpaired) electrons. The Hall–Kier alpha value is -2.01. The Morgan fingerprint density at radius 1 is 1.35 bits per heavy atom. The molecule has 0 bridgehead atoms. The number of rotatable bonds is 7. The van der Waals surface area contributed by atoms with Gasteiger partial charge in [-0.15, -0.1) is 0 Å². The average Bonchev–Trinajstić information content (AvgIpc) is 3.00. The van der Waals surface area contributed by atoms with Crippen LogP contribution in [0.1, 0.15) is 18.5 Å². The minimum absolute atomic E-state index is 0.281. The summed E-state index contributed by atoms with van der Waals surface area (Å²) in [4.78, 5) is 4.00. The van der Waals surface area contributed by atoms with E-state index >= 15 is 0 Å². The Labute approximate surface area is 119 Å². The second-order valence-electron chi connectivity index (χ2n) is 4.57. The highest BCUT2D eigenvalue weighted by Gasteiger charge is 2.09. The molecule has 0 aliphatic heterocycles. The van der Waals surface area contributed by atoms with E-state index in [0.29, 0.717) is 6.61 Å². The van der Waals surface area contributed by atoms with Crippen molar-refractivity contribution in [1.29, 1.82) is 0 Å². The third-order valence-corrected chi connectivity index (χ3v) is 3.29. The van der Waals surface area contributed by atoms with Gasteiger partial charge in [0, 0.05) is 18.4 Å². The largest absolute Gasteiger partial charge is 0.493 e. The summed E-state index contributed by atoms with van der Waals surface area (Å²) in [6.07, 6.45) is 5.45. The standard InChI is InChI=1S/C15H21N3O2/c1-12(16-2)13-4-5-14(15(10-13)19-3)20-9-8-18-7-6-17-11-18/h4-7,10-12,16H,8-9H2,1-3H3. The molecule has 2 aromatic rings. The van der Waals surface area contributed by atoms with Crippen molar-refractivity contribution in [3.05, 3.63) is 42.5 Å². The second kappa shape index (κ2) is 6.96. The molecule has 20 heavy (non-hydrogen) atoms. The van der Waals surface area contributed by atoms with E-state index in [1.54, 1.807) is 19.6 Å². The monoisotopic (exact) mass is 275 g/mol. The predicted octanol–water partition coefficient (Wildman–Crippen LogP) is 2.25. The third kappa shape index (κ3) is 3.51. The summed E-state index contributed by atoms with van der Waals surface area (Å²) in [7, 11) is 3.60. The van der Waals surface area contributed by atoms with Crippen LogP contribution >= 0.6 is 0 Å². The number of nitrogens with zero attached hydrogens (tertiary/aromatic N) is 2. The number of ether oxygens (including phenoxy) is 2. The second-order valence-corrected chi connectivity index (χ2v) is 4.57. The van der Waals surface area contributed by atoms with Crippen molar-refractivity contribution in [3.63, 3.8) is 0 Å². The van der Waals surface area contributed by atoms with Gasteiger partial charge in [0.2, 0.25) is 0 Å². The Kier molecular flexibility index (Phi) is 5.01. The number of imidazole rings is 1. The van der Waals surface area contributed by atoms with Gasteiger partial charge in [-0.25, -0.2) is 4.98 Å². The van der Waals surface area contributed by atoms with E-state index in [1.165, 1.54) is 5.56 Å². The van der Waals surface area contributed by atoms with Crippen LogP contribution in [0.5, 0.6) is 11.5 Å².